The Morgan fingerprint density at radius 2 is 2.00 bits per heavy atom. The van der Waals surface area contributed by atoms with Gasteiger partial charge in [0.05, 0.1) is 5.69 Å². The van der Waals surface area contributed by atoms with Gasteiger partial charge in [0.25, 0.3) is 5.22 Å². The van der Waals surface area contributed by atoms with Crippen LogP contribution < -0.4 is 5.73 Å². The average Bonchev–Trinajstić information content (AvgIpc) is 2.77. The second kappa shape index (κ2) is 4.63. The zero-order chi connectivity index (χ0) is 13.4. The molecule has 0 aliphatic carbocycles. The molecule has 96 valence electrons. The molecule has 0 fully saturated rings. The quantitative estimate of drug-likeness (QED) is 0.710. The third kappa shape index (κ3) is 2.31. The molecule has 0 amide bonds. The van der Waals surface area contributed by atoms with E-state index >= 15 is 0 Å². The molecule has 2 N–H and O–H groups in total. The number of nitrogens with zero attached hydrogens (tertiary/aromatic N) is 1. The lowest BCUT2D eigenvalue weighted by atomic mass is 10.2. The van der Waals surface area contributed by atoms with E-state index < -0.39 is 0 Å². The molecule has 1 aromatic heterocycles. The summed E-state index contributed by atoms with van der Waals surface area (Å²) < 4.78 is 5.71. The van der Waals surface area contributed by atoms with Gasteiger partial charge in [-0.1, -0.05) is 23.8 Å². The highest BCUT2D eigenvalue weighted by molar-refractivity contribution is 7.99. The van der Waals surface area contributed by atoms with Crippen LogP contribution in [0.1, 0.15) is 11.1 Å². The Bertz CT molecular complexity index is 749. The molecule has 0 aliphatic rings. The summed E-state index contributed by atoms with van der Waals surface area (Å²) in [5.41, 5.74) is 10.5. The molecular formula is C15H14N2OS. The van der Waals surface area contributed by atoms with E-state index in [1.807, 2.05) is 18.2 Å². The summed E-state index contributed by atoms with van der Waals surface area (Å²) in [6.07, 6.45) is 0. The lowest BCUT2D eigenvalue weighted by Crippen LogP contribution is -1.85. The van der Waals surface area contributed by atoms with E-state index in [1.54, 1.807) is 0 Å². The number of anilines is 1. The average molecular weight is 270 g/mol. The van der Waals surface area contributed by atoms with Gasteiger partial charge >= 0.3 is 0 Å². The van der Waals surface area contributed by atoms with E-state index in [0.717, 1.165) is 16.0 Å². The third-order valence-electron chi connectivity index (χ3n) is 2.96. The summed E-state index contributed by atoms with van der Waals surface area (Å²) in [6, 6.07) is 11.9. The topological polar surface area (TPSA) is 52.0 Å². The molecule has 0 atom stereocenters. The first kappa shape index (κ1) is 12.1. The van der Waals surface area contributed by atoms with Crippen molar-refractivity contribution in [1.29, 1.82) is 0 Å². The summed E-state index contributed by atoms with van der Waals surface area (Å²) in [6.45, 7) is 4.17. The summed E-state index contributed by atoms with van der Waals surface area (Å²) in [4.78, 5) is 5.59. The summed E-state index contributed by atoms with van der Waals surface area (Å²) in [7, 11) is 0. The van der Waals surface area contributed by atoms with E-state index in [-0.39, 0.29) is 0 Å². The molecule has 0 saturated carbocycles. The van der Waals surface area contributed by atoms with E-state index in [2.05, 4.69) is 37.0 Å². The minimum absolute atomic E-state index is 0.625. The number of rotatable bonds is 2. The first-order valence-corrected chi connectivity index (χ1v) is 6.85. The van der Waals surface area contributed by atoms with E-state index in [4.69, 9.17) is 10.2 Å². The Hall–Kier alpha value is -1.94. The minimum Gasteiger partial charge on any atom is -0.431 e. The smallest absolute Gasteiger partial charge is 0.261 e. The Kier molecular flexibility index (Phi) is 2.95. The van der Waals surface area contributed by atoms with Gasteiger partial charge in [0.2, 0.25) is 0 Å². The molecular weight excluding hydrogens is 256 g/mol. The summed E-state index contributed by atoms with van der Waals surface area (Å²) >= 11 is 1.52. The molecule has 3 rings (SSSR count). The van der Waals surface area contributed by atoms with Crippen molar-refractivity contribution in [3.05, 3.63) is 47.5 Å². The zero-order valence-electron chi connectivity index (χ0n) is 10.8. The van der Waals surface area contributed by atoms with Crippen LogP contribution in [0.25, 0.3) is 11.1 Å². The van der Waals surface area contributed by atoms with E-state index in [0.29, 0.717) is 10.9 Å². The van der Waals surface area contributed by atoms with Crippen LogP contribution in [-0.2, 0) is 0 Å². The zero-order valence-corrected chi connectivity index (χ0v) is 11.6. The van der Waals surface area contributed by atoms with Gasteiger partial charge in [0, 0.05) is 4.90 Å². The van der Waals surface area contributed by atoms with E-state index in [1.165, 1.54) is 22.9 Å². The first-order chi connectivity index (χ1) is 9.13. The number of hydrogen-bond donors (Lipinski definition) is 1. The number of hydrogen-bond acceptors (Lipinski definition) is 4. The van der Waals surface area contributed by atoms with Gasteiger partial charge in [-0.3, -0.25) is 0 Å². The molecule has 3 aromatic rings. The highest BCUT2D eigenvalue weighted by atomic mass is 32.2. The predicted molar refractivity (Wildman–Crippen MR) is 78.5 cm³/mol. The number of aromatic nitrogens is 1. The van der Waals surface area contributed by atoms with Crippen LogP contribution >= 0.6 is 11.8 Å². The van der Waals surface area contributed by atoms with Gasteiger partial charge in [-0.05, 0) is 49.4 Å². The minimum atomic E-state index is 0.625. The summed E-state index contributed by atoms with van der Waals surface area (Å²) in [5, 5.41) is 0.625. The number of fused-ring (bicyclic) bond motifs is 1. The van der Waals surface area contributed by atoms with Crippen LogP contribution in [0.3, 0.4) is 0 Å². The van der Waals surface area contributed by atoms with Crippen molar-refractivity contribution in [3.63, 3.8) is 0 Å². The first-order valence-electron chi connectivity index (χ1n) is 6.03. The molecule has 3 nitrogen and oxygen atoms in total. The maximum atomic E-state index is 5.88. The fourth-order valence-electron chi connectivity index (χ4n) is 2.00. The largest absolute Gasteiger partial charge is 0.431 e. The Morgan fingerprint density at radius 3 is 2.74 bits per heavy atom. The van der Waals surface area contributed by atoms with Crippen molar-refractivity contribution in [2.24, 2.45) is 0 Å². The predicted octanol–water partition coefficient (Wildman–Crippen LogP) is 4.18. The Balaban J connectivity index is 1.99. The van der Waals surface area contributed by atoms with Gasteiger partial charge in [-0.2, -0.15) is 0 Å². The van der Waals surface area contributed by atoms with Crippen LogP contribution in [-0.4, -0.2) is 4.98 Å². The van der Waals surface area contributed by atoms with Crippen LogP contribution in [0.15, 0.2) is 50.9 Å². The third-order valence-corrected chi connectivity index (χ3v) is 3.99. The second-order valence-corrected chi connectivity index (χ2v) is 5.54. The molecule has 19 heavy (non-hydrogen) atoms. The summed E-state index contributed by atoms with van der Waals surface area (Å²) in [5.74, 6) is 0. The number of benzene rings is 2. The number of aryl methyl sites for hydroxylation is 2. The lowest BCUT2D eigenvalue weighted by molar-refractivity contribution is 0.489. The number of oxazole rings is 1. The van der Waals surface area contributed by atoms with Gasteiger partial charge in [-0.15, -0.1) is 0 Å². The molecule has 0 unspecified atom stereocenters. The highest BCUT2D eigenvalue weighted by Gasteiger charge is 2.10. The van der Waals surface area contributed by atoms with Gasteiger partial charge in [0.15, 0.2) is 5.58 Å². The van der Waals surface area contributed by atoms with Crippen molar-refractivity contribution in [2.45, 2.75) is 24.0 Å². The number of nitrogen functional groups attached to an aromatic ring is 1. The standard InChI is InChI=1S/C15H14N2OS/c1-9-6-7-13(10(2)8-9)19-15-17-14-11(16)4-3-5-12(14)18-15/h3-8H,16H2,1-2H3. The lowest BCUT2D eigenvalue weighted by Gasteiger charge is -2.03. The molecule has 0 saturated heterocycles. The molecule has 4 heteroatoms. The molecule has 0 bridgehead atoms. The van der Waals surface area contributed by atoms with Crippen LogP contribution in [0.4, 0.5) is 5.69 Å². The number of nitrogens with two attached hydrogens (primary N) is 1. The molecule has 0 aliphatic heterocycles. The van der Waals surface area contributed by atoms with Crippen molar-refractivity contribution in [3.8, 4) is 0 Å². The monoisotopic (exact) mass is 270 g/mol. The fraction of sp³-hybridized carbons (Fsp3) is 0.133. The molecule has 0 radical (unpaired) electrons. The maximum Gasteiger partial charge on any atom is 0.261 e. The Labute approximate surface area is 115 Å². The fourth-order valence-corrected chi connectivity index (χ4v) is 2.81. The molecule has 1 heterocycles. The number of para-hydroxylation sites is 1. The van der Waals surface area contributed by atoms with Crippen molar-refractivity contribution < 1.29 is 4.42 Å². The van der Waals surface area contributed by atoms with Crippen LogP contribution in [0.2, 0.25) is 0 Å². The molecule has 2 aromatic carbocycles. The highest BCUT2D eigenvalue weighted by Crippen LogP contribution is 2.33. The van der Waals surface area contributed by atoms with Crippen LogP contribution in [0, 0.1) is 13.8 Å². The van der Waals surface area contributed by atoms with Crippen molar-refractivity contribution in [1.82, 2.24) is 4.98 Å². The normalized spacial score (nSPS) is 11.1. The van der Waals surface area contributed by atoms with Crippen LogP contribution in [0.5, 0.6) is 0 Å². The van der Waals surface area contributed by atoms with Gasteiger partial charge < -0.3 is 10.2 Å². The van der Waals surface area contributed by atoms with Gasteiger partial charge in [0.1, 0.15) is 5.52 Å². The van der Waals surface area contributed by atoms with E-state index in [9.17, 15) is 0 Å². The maximum absolute atomic E-state index is 5.88. The van der Waals surface area contributed by atoms with Gasteiger partial charge in [-0.25, -0.2) is 4.98 Å². The SMILES string of the molecule is Cc1ccc(Sc2nc3c(N)cccc3o2)c(C)c1. The van der Waals surface area contributed by atoms with Crippen molar-refractivity contribution >= 4 is 28.5 Å². The van der Waals surface area contributed by atoms with Crippen molar-refractivity contribution in [2.75, 3.05) is 5.73 Å². The molecule has 0 spiro atoms. The second-order valence-electron chi connectivity index (χ2n) is 4.54. The Morgan fingerprint density at radius 1 is 1.16 bits per heavy atom.